The number of rotatable bonds is 2. The Kier molecular flexibility index (Phi) is 3.73. The van der Waals surface area contributed by atoms with Crippen molar-refractivity contribution in [3.63, 3.8) is 0 Å². The molecule has 4 heteroatoms. The first-order chi connectivity index (χ1) is 7.22. The van der Waals surface area contributed by atoms with Crippen molar-refractivity contribution >= 4 is 11.7 Å². The van der Waals surface area contributed by atoms with Crippen molar-refractivity contribution in [3.05, 3.63) is 0 Å². The summed E-state index contributed by atoms with van der Waals surface area (Å²) in [6, 6.07) is -0.406. The van der Waals surface area contributed by atoms with E-state index in [0.29, 0.717) is 6.54 Å². The van der Waals surface area contributed by atoms with Crippen LogP contribution in [0.25, 0.3) is 0 Å². The fraction of sp³-hybridized carbons (Fsp3) is 0.833. The van der Waals surface area contributed by atoms with Gasteiger partial charge in [-0.1, -0.05) is 0 Å². The minimum absolute atomic E-state index is 0.00181. The number of hydrogen-bond donors (Lipinski definition) is 0. The van der Waals surface area contributed by atoms with Crippen LogP contribution in [0.1, 0.15) is 41.0 Å². The molecule has 2 atom stereocenters. The molecule has 2 unspecified atom stereocenters. The summed E-state index contributed by atoms with van der Waals surface area (Å²) < 4.78 is 5.84. The first-order valence-corrected chi connectivity index (χ1v) is 5.68. The standard InChI is InChI=1S/C12H21NO3/c1-8(14)11-10(16-12(3,4)5)6-7-13(11)9(2)15/h10-11H,6-7H2,1-5H3. The highest BCUT2D eigenvalue weighted by molar-refractivity contribution is 5.88. The summed E-state index contributed by atoms with van der Waals surface area (Å²) in [5.41, 5.74) is -0.287. The molecule has 0 aromatic carbocycles. The molecule has 1 saturated heterocycles. The predicted octanol–water partition coefficient (Wildman–Crippen LogP) is 1.38. The third-order valence-electron chi connectivity index (χ3n) is 2.67. The Bertz CT molecular complexity index is 293. The largest absolute Gasteiger partial charge is 0.370 e. The Morgan fingerprint density at radius 1 is 1.25 bits per heavy atom. The number of amides is 1. The lowest BCUT2D eigenvalue weighted by Gasteiger charge is -2.30. The molecule has 0 saturated carbocycles. The van der Waals surface area contributed by atoms with Crippen LogP contribution in [0.5, 0.6) is 0 Å². The van der Waals surface area contributed by atoms with Crippen LogP contribution in [0, 0.1) is 0 Å². The maximum atomic E-state index is 11.6. The van der Waals surface area contributed by atoms with Gasteiger partial charge in [-0.15, -0.1) is 0 Å². The molecular weight excluding hydrogens is 206 g/mol. The number of hydrogen-bond acceptors (Lipinski definition) is 3. The van der Waals surface area contributed by atoms with E-state index in [1.807, 2.05) is 20.8 Å². The van der Waals surface area contributed by atoms with E-state index in [2.05, 4.69) is 0 Å². The molecule has 1 rings (SSSR count). The average molecular weight is 227 g/mol. The highest BCUT2D eigenvalue weighted by Crippen LogP contribution is 2.26. The summed E-state index contributed by atoms with van der Waals surface area (Å²) in [6.07, 6.45) is 0.572. The quantitative estimate of drug-likeness (QED) is 0.716. The molecule has 1 fully saturated rings. The molecule has 92 valence electrons. The van der Waals surface area contributed by atoms with Crippen LogP contribution in [0.15, 0.2) is 0 Å². The summed E-state index contributed by atoms with van der Waals surface area (Å²) in [6.45, 7) is 9.50. The van der Waals surface area contributed by atoms with Gasteiger partial charge in [0.2, 0.25) is 5.91 Å². The molecule has 0 aliphatic carbocycles. The predicted molar refractivity (Wildman–Crippen MR) is 61.1 cm³/mol. The van der Waals surface area contributed by atoms with Crippen molar-refractivity contribution < 1.29 is 14.3 Å². The van der Waals surface area contributed by atoms with Crippen molar-refractivity contribution in [2.45, 2.75) is 58.8 Å². The first-order valence-electron chi connectivity index (χ1n) is 5.68. The van der Waals surface area contributed by atoms with Gasteiger partial charge in [0, 0.05) is 13.5 Å². The second kappa shape index (κ2) is 4.53. The van der Waals surface area contributed by atoms with Crippen LogP contribution < -0.4 is 0 Å². The van der Waals surface area contributed by atoms with Crippen molar-refractivity contribution in [1.29, 1.82) is 0 Å². The SMILES string of the molecule is CC(=O)C1C(OC(C)(C)C)CCN1C(C)=O. The van der Waals surface area contributed by atoms with E-state index >= 15 is 0 Å². The zero-order valence-corrected chi connectivity index (χ0v) is 10.7. The molecule has 0 N–H and O–H groups in total. The molecule has 1 aliphatic heterocycles. The van der Waals surface area contributed by atoms with Gasteiger partial charge in [0.25, 0.3) is 0 Å². The van der Waals surface area contributed by atoms with Crippen LogP contribution in [0.3, 0.4) is 0 Å². The molecule has 0 radical (unpaired) electrons. The van der Waals surface area contributed by atoms with E-state index in [1.165, 1.54) is 13.8 Å². The fourth-order valence-electron chi connectivity index (χ4n) is 2.18. The third kappa shape index (κ3) is 3.04. The van der Waals surface area contributed by atoms with E-state index in [9.17, 15) is 9.59 Å². The van der Waals surface area contributed by atoms with E-state index in [1.54, 1.807) is 4.90 Å². The van der Waals surface area contributed by atoms with Gasteiger partial charge >= 0.3 is 0 Å². The first kappa shape index (κ1) is 13.2. The van der Waals surface area contributed by atoms with Gasteiger partial charge in [-0.3, -0.25) is 9.59 Å². The highest BCUT2D eigenvalue weighted by Gasteiger charge is 2.41. The van der Waals surface area contributed by atoms with E-state index in [0.717, 1.165) is 6.42 Å². The van der Waals surface area contributed by atoms with E-state index < -0.39 is 6.04 Å². The summed E-state index contributed by atoms with van der Waals surface area (Å²) in [7, 11) is 0. The molecule has 0 spiro atoms. The minimum Gasteiger partial charge on any atom is -0.370 e. The van der Waals surface area contributed by atoms with Gasteiger partial charge < -0.3 is 9.64 Å². The monoisotopic (exact) mass is 227 g/mol. The maximum absolute atomic E-state index is 11.6. The van der Waals surface area contributed by atoms with Crippen LogP contribution >= 0.6 is 0 Å². The number of ether oxygens (including phenoxy) is 1. The zero-order chi connectivity index (χ0) is 12.5. The lowest BCUT2D eigenvalue weighted by molar-refractivity contribution is -0.141. The highest BCUT2D eigenvalue weighted by atomic mass is 16.5. The van der Waals surface area contributed by atoms with E-state index in [-0.39, 0.29) is 23.4 Å². The van der Waals surface area contributed by atoms with Crippen molar-refractivity contribution in [2.24, 2.45) is 0 Å². The van der Waals surface area contributed by atoms with Crippen molar-refractivity contribution in [2.75, 3.05) is 6.54 Å². The van der Waals surface area contributed by atoms with Gasteiger partial charge in [-0.25, -0.2) is 0 Å². The number of nitrogens with zero attached hydrogens (tertiary/aromatic N) is 1. The summed E-state index contributed by atoms with van der Waals surface area (Å²) in [5.74, 6) is -0.0536. The number of ketones is 1. The minimum atomic E-state index is -0.406. The van der Waals surface area contributed by atoms with Gasteiger partial charge in [-0.2, -0.15) is 0 Å². The number of carbonyl (C=O) groups excluding carboxylic acids is 2. The van der Waals surface area contributed by atoms with Crippen LogP contribution in [-0.2, 0) is 14.3 Å². The molecule has 4 nitrogen and oxygen atoms in total. The molecule has 1 amide bonds. The Morgan fingerprint density at radius 2 is 1.81 bits per heavy atom. The van der Waals surface area contributed by atoms with Crippen molar-refractivity contribution in [1.82, 2.24) is 4.90 Å². The average Bonchev–Trinajstić information content (AvgIpc) is 2.44. The molecule has 0 bridgehead atoms. The van der Waals surface area contributed by atoms with E-state index in [4.69, 9.17) is 4.74 Å². The molecule has 1 heterocycles. The number of likely N-dealkylation sites (tertiary alicyclic amines) is 1. The normalized spacial score (nSPS) is 25.9. The second-order valence-electron chi connectivity index (χ2n) is 5.33. The van der Waals surface area contributed by atoms with Gasteiger partial charge in [0.1, 0.15) is 6.04 Å². The molecule has 16 heavy (non-hydrogen) atoms. The Morgan fingerprint density at radius 3 is 2.19 bits per heavy atom. The Balaban J connectivity index is 2.80. The van der Waals surface area contributed by atoms with Gasteiger partial charge in [0.15, 0.2) is 5.78 Å². The molecule has 0 aromatic heterocycles. The second-order valence-corrected chi connectivity index (χ2v) is 5.33. The van der Waals surface area contributed by atoms with Crippen molar-refractivity contribution in [3.8, 4) is 0 Å². The van der Waals surface area contributed by atoms with Crippen LogP contribution in [0.4, 0.5) is 0 Å². The Hall–Kier alpha value is -0.900. The fourth-order valence-corrected chi connectivity index (χ4v) is 2.18. The summed E-state index contributed by atoms with van der Waals surface area (Å²) >= 11 is 0. The third-order valence-corrected chi connectivity index (χ3v) is 2.67. The van der Waals surface area contributed by atoms with Crippen LogP contribution in [-0.4, -0.2) is 40.9 Å². The number of Topliss-reactive ketones (excluding diaryl/α,β-unsaturated/α-hetero) is 1. The molecule has 0 aromatic rings. The molecule has 1 aliphatic rings. The molecular formula is C12H21NO3. The zero-order valence-electron chi connectivity index (χ0n) is 10.7. The lowest BCUT2D eigenvalue weighted by Crippen LogP contribution is -2.45. The topological polar surface area (TPSA) is 46.6 Å². The summed E-state index contributed by atoms with van der Waals surface area (Å²) in [5, 5.41) is 0. The smallest absolute Gasteiger partial charge is 0.220 e. The van der Waals surface area contributed by atoms with Gasteiger partial charge in [-0.05, 0) is 34.1 Å². The maximum Gasteiger partial charge on any atom is 0.220 e. The summed E-state index contributed by atoms with van der Waals surface area (Å²) in [4.78, 5) is 24.6. The Labute approximate surface area is 96.9 Å². The lowest BCUT2D eigenvalue weighted by atomic mass is 10.1. The van der Waals surface area contributed by atoms with Crippen LogP contribution in [0.2, 0.25) is 0 Å². The number of carbonyl (C=O) groups is 2. The van der Waals surface area contributed by atoms with Gasteiger partial charge in [0.05, 0.1) is 11.7 Å².